The van der Waals surface area contributed by atoms with Crippen LogP contribution in [-0.2, 0) is 14.9 Å². The van der Waals surface area contributed by atoms with E-state index in [0.717, 1.165) is 40.5 Å². The smallest absolute Gasteiger partial charge is 0.346 e. The summed E-state index contributed by atoms with van der Waals surface area (Å²) in [6.45, 7) is 0. The molecule has 0 saturated carbocycles. The molecule has 0 saturated heterocycles. The Bertz CT molecular complexity index is 1750. The minimum Gasteiger partial charge on any atom is -0.386 e. The van der Waals surface area contributed by atoms with E-state index >= 15 is 0 Å². The number of fused-ring (bicyclic) bond motifs is 12. The van der Waals surface area contributed by atoms with Crippen LogP contribution in [0.2, 0.25) is 0 Å². The summed E-state index contributed by atoms with van der Waals surface area (Å²) in [7, 11) is 0. The molecule has 0 atom stereocenters. The molecule has 0 amide bonds. The van der Waals surface area contributed by atoms with Gasteiger partial charge >= 0.3 is 23.9 Å². The van der Waals surface area contributed by atoms with Crippen molar-refractivity contribution >= 4 is 69.1 Å². The summed E-state index contributed by atoms with van der Waals surface area (Å²) in [5, 5.41) is 0. The number of halogens is 2. The first kappa shape index (κ1) is 21.7. The van der Waals surface area contributed by atoms with E-state index in [0.29, 0.717) is 11.1 Å². The minimum absolute atomic E-state index is 0.189. The van der Waals surface area contributed by atoms with Crippen molar-refractivity contribution in [1.82, 2.24) is 0 Å². The van der Waals surface area contributed by atoms with Gasteiger partial charge in [-0.2, -0.15) is 0 Å². The quantitative estimate of drug-likeness (QED) is 0.112. The first-order chi connectivity index (χ1) is 17.8. The largest absolute Gasteiger partial charge is 0.386 e. The van der Waals surface area contributed by atoms with E-state index in [4.69, 9.17) is 9.47 Å². The van der Waals surface area contributed by atoms with E-state index in [2.05, 4.69) is 69.4 Å². The highest BCUT2D eigenvalue weighted by Gasteiger charge is 2.54. The maximum absolute atomic E-state index is 12.6. The molecule has 0 fully saturated rings. The number of carbonyl (C=O) groups is 4. The van der Waals surface area contributed by atoms with E-state index in [-0.39, 0.29) is 22.3 Å². The van der Waals surface area contributed by atoms with Crippen LogP contribution in [0.5, 0.6) is 0 Å². The van der Waals surface area contributed by atoms with Crippen molar-refractivity contribution in [1.29, 1.82) is 0 Å². The van der Waals surface area contributed by atoms with Crippen LogP contribution < -0.4 is 0 Å². The van der Waals surface area contributed by atoms with Gasteiger partial charge in [-0.05, 0) is 138 Å². The fraction of sp³-hybridized carbons (Fsp3) is 0.0345. The maximum atomic E-state index is 12.6. The van der Waals surface area contributed by atoms with Crippen molar-refractivity contribution in [3.8, 4) is 22.3 Å². The molecule has 8 rings (SSSR count). The number of hydrogen-bond donors (Lipinski definition) is 0. The van der Waals surface area contributed by atoms with Gasteiger partial charge < -0.3 is 9.47 Å². The van der Waals surface area contributed by atoms with Gasteiger partial charge in [-0.15, -0.1) is 0 Å². The normalized spacial score (nSPS) is 16.7. The zero-order chi connectivity index (χ0) is 25.4. The molecule has 176 valence electrons. The number of carbonyl (C=O) groups excluding carboxylic acids is 4. The Balaban J connectivity index is 1.60. The van der Waals surface area contributed by atoms with Crippen molar-refractivity contribution in [3.05, 3.63) is 112 Å². The average molecular weight is 708 g/mol. The Hall–Kier alpha value is -3.38. The highest BCUT2D eigenvalue weighted by molar-refractivity contribution is 14.1. The van der Waals surface area contributed by atoms with Gasteiger partial charge in [0.25, 0.3) is 0 Å². The van der Waals surface area contributed by atoms with Crippen LogP contribution in [0.3, 0.4) is 0 Å². The highest BCUT2D eigenvalue weighted by Crippen LogP contribution is 2.64. The van der Waals surface area contributed by atoms with Gasteiger partial charge in [0.15, 0.2) is 0 Å². The van der Waals surface area contributed by atoms with Gasteiger partial charge in [0.2, 0.25) is 0 Å². The average Bonchev–Trinajstić information content (AvgIpc) is 3.51. The standard InChI is InChI=1S/C29H10I2O6/c30-11-1-3-13-14-4-2-12(31)6-22(14)29(21(13)5-11)23-9-19-17(25(32)36-27(19)34)7-15(23)16-8-18-20(10-24(16)29)28(35)37-26(18)33/h1-10H. The predicted molar refractivity (Wildman–Crippen MR) is 148 cm³/mol. The van der Waals surface area contributed by atoms with Gasteiger partial charge in [0, 0.05) is 7.14 Å². The maximum Gasteiger partial charge on any atom is 0.346 e. The number of esters is 4. The Morgan fingerprint density at radius 3 is 1.19 bits per heavy atom. The summed E-state index contributed by atoms with van der Waals surface area (Å²) < 4.78 is 11.9. The Kier molecular flexibility index (Phi) is 4.06. The van der Waals surface area contributed by atoms with Crippen LogP contribution in [0, 0.1) is 7.14 Å². The van der Waals surface area contributed by atoms with E-state index < -0.39 is 29.3 Å². The first-order valence-corrected chi connectivity index (χ1v) is 13.5. The SMILES string of the molecule is O=C1OC(=O)c2cc3c(cc21)-c1cc2c(cc1C31c3cc(I)ccc3-c3ccc(I)cc31)C(=O)OC2=O. The van der Waals surface area contributed by atoms with Crippen molar-refractivity contribution < 1.29 is 28.7 Å². The van der Waals surface area contributed by atoms with Crippen molar-refractivity contribution in [2.75, 3.05) is 0 Å². The third-order valence-corrected chi connectivity index (χ3v) is 9.07. The molecule has 2 aliphatic carbocycles. The molecule has 8 heteroatoms. The Morgan fingerprint density at radius 2 is 0.784 bits per heavy atom. The molecule has 4 aromatic rings. The fourth-order valence-electron chi connectivity index (χ4n) is 6.32. The molecule has 0 unspecified atom stereocenters. The molecule has 0 radical (unpaired) electrons. The van der Waals surface area contributed by atoms with Crippen molar-refractivity contribution in [3.63, 3.8) is 0 Å². The fourth-order valence-corrected chi connectivity index (χ4v) is 7.31. The molecule has 2 heterocycles. The van der Waals surface area contributed by atoms with Gasteiger partial charge in [0.05, 0.1) is 27.7 Å². The van der Waals surface area contributed by atoms with Crippen LogP contribution in [0.1, 0.15) is 63.7 Å². The molecule has 1 spiro atoms. The lowest BCUT2D eigenvalue weighted by Crippen LogP contribution is -2.27. The molecule has 4 aliphatic rings. The van der Waals surface area contributed by atoms with Crippen LogP contribution >= 0.6 is 45.2 Å². The lowest BCUT2D eigenvalue weighted by Gasteiger charge is -2.31. The number of benzene rings is 4. The lowest BCUT2D eigenvalue weighted by molar-refractivity contribution is 0.0425. The molecule has 4 aromatic carbocycles. The van der Waals surface area contributed by atoms with Crippen LogP contribution in [0.4, 0.5) is 0 Å². The number of hydrogen-bond acceptors (Lipinski definition) is 6. The lowest BCUT2D eigenvalue weighted by atomic mass is 9.70. The van der Waals surface area contributed by atoms with Gasteiger partial charge in [-0.25, -0.2) is 19.2 Å². The molecule has 0 aromatic heterocycles. The molecular weight excluding hydrogens is 698 g/mol. The second-order valence-corrected chi connectivity index (χ2v) is 11.9. The zero-order valence-electron chi connectivity index (χ0n) is 18.5. The molecule has 0 N–H and O–H groups in total. The zero-order valence-corrected chi connectivity index (χ0v) is 22.8. The molecule has 0 bridgehead atoms. The molecular formula is C29H10I2O6. The number of rotatable bonds is 0. The second kappa shape index (κ2) is 6.93. The van der Waals surface area contributed by atoms with E-state index in [1.54, 1.807) is 24.3 Å². The number of cyclic esters (lactones) is 4. The van der Waals surface area contributed by atoms with Gasteiger partial charge in [-0.3, -0.25) is 0 Å². The summed E-state index contributed by atoms with van der Waals surface area (Å²) in [6, 6.07) is 19.4. The summed E-state index contributed by atoms with van der Waals surface area (Å²) in [6.07, 6.45) is 0. The van der Waals surface area contributed by atoms with E-state index in [9.17, 15) is 19.2 Å². The third-order valence-electron chi connectivity index (χ3n) is 7.73. The van der Waals surface area contributed by atoms with Crippen molar-refractivity contribution in [2.45, 2.75) is 5.41 Å². The van der Waals surface area contributed by atoms with E-state index in [1.165, 1.54) is 0 Å². The predicted octanol–water partition coefficient (Wildman–Crippen LogP) is 5.86. The van der Waals surface area contributed by atoms with Crippen LogP contribution in [0.25, 0.3) is 22.3 Å². The van der Waals surface area contributed by atoms with Crippen molar-refractivity contribution in [2.24, 2.45) is 0 Å². The topological polar surface area (TPSA) is 86.7 Å². The monoisotopic (exact) mass is 708 g/mol. The summed E-state index contributed by atoms with van der Waals surface area (Å²) in [4.78, 5) is 50.3. The summed E-state index contributed by atoms with van der Waals surface area (Å²) in [5.74, 6) is -2.76. The number of ether oxygens (including phenoxy) is 2. The third kappa shape index (κ3) is 2.50. The second-order valence-electron chi connectivity index (χ2n) is 9.37. The molecule has 37 heavy (non-hydrogen) atoms. The Labute approximate surface area is 236 Å². The van der Waals surface area contributed by atoms with Crippen LogP contribution in [-0.4, -0.2) is 23.9 Å². The van der Waals surface area contributed by atoms with E-state index in [1.807, 2.05) is 12.1 Å². The molecule has 6 nitrogen and oxygen atoms in total. The summed E-state index contributed by atoms with van der Waals surface area (Å²) in [5.41, 5.74) is 7.08. The Morgan fingerprint density at radius 1 is 0.432 bits per heavy atom. The minimum atomic E-state index is -0.875. The summed E-state index contributed by atoms with van der Waals surface area (Å²) >= 11 is 4.56. The van der Waals surface area contributed by atoms with Gasteiger partial charge in [0.1, 0.15) is 0 Å². The first-order valence-electron chi connectivity index (χ1n) is 11.3. The van der Waals surface area contributed by atoms with Gasteiger partial charge in [-0.1, -0.05) is 12.1 Å². The van der Waals surface area contributed by atoms with Crippen LogP contribution in [0.15, 0.2) is 60.7 Å². The highest BCUT2D eigenvalue weighted by atomic mass is 127. The molecule has 2 aliphatic heterocycles.